The molecule has 0 unspecified atom stereocenters. The molecule has 0 aliphatic heterocycles. The molecule has 1 amide bonds. The number of hydrogen-bond donors (Lipinski definition) is 1. The summed E-state index contributed by atoms with van der Waals surface area (Å²) in [5, 5.41) is 11.9. The molecule has 0 bridgehead atoms. The minimum absolute atomic E-state index is 0.102. The second kappa shape index (κ2) is 10.8. The Labute approximate surface area is 192 Å². The van der Waals surface area contributed by atoms with Crippen molar-refractivity contribution < 1.29 is 22.7 Å². The van der Waals surface area contributed by atoms with Gasteiger partial charge in [-0.15, -0.1) is 10.2 Å². The molecule has 4 aromatic rings. The quantitative estimate of drug-likeness (QED) is 0.342. The van der Waals surface area contributed by atoms with E-state index in [2.05, 4.69) is 20.3 Å². The van der Waals surface area contributed by atoms with Crippen molar-refractivity contribution in [3.63, 3.8) is 0 Å². The number of nitrogens with one attached hydrogen (secondary N) is 1. The number of para-hydroxylation sites is 1. The number of ether oxygens (including phenoxy) is 1. The Morgan fingerprint density at radius 2 is 1.85 bits per heavy atom. The second-order valence-electron chi connectivity index (χ2n) is 6.87. The molecule has 0 aliphatic carbocycles. The first-order valence-electron chi connectivity index (χ1n) is 10.1. The molecular weight excluding hydrogens is 450 g/mol. The fraction of sp³-hybridized carbons (Fsp3) is 0.174. The van der Waals surface area contributed by atoms with Gasteiger partial charge in [0.1, 0.15) is 5.75 Å². The van der Waals surface area contributed by atoms with Gasteiger partial charge in [0.25, 0.3) is 0 Å². The minimum atomic E-state index is -2.85. The van der Waals surface area contributed by atoms with Crippen molar-refractivity contribution in [3.8, 4) is 23.0 Å². The Bertz CT molecular complexity index is 1170. The van der Waals surface area contributed by atoms with E-state index in [1.165, 1.54) is 23.9 Å². The summed E-state index contributed by atoms with van der Waals surface area (Å²) in [7, 11) is 0. The summed E-state index contributed by atoms with van der Waals surface area (Å²) >= 11 is 1.27. The molecule has 33 heavy (non-hydrogen) atoms. The normalized spacial score (nSPS) is 11.0. The van der Waals surface area contributed by atoms with Crippen LogP contribution in [0.15, 0.2) is 82.6 Å². The number of hydrogen-bond acceptors (Lipinski definition) is 6. The first kappa shape index (κ1) is 22.5. The highest BCUT2D eigenvalue weighted by Gasteiger charge is 2.18. The number of nitrogens with zero attached hydrogens (tertiary/aromatic N) is 3. The lowest BCUT2D eigenvalue weighted by molar-refractivity contribution is -0.118. The van der Waals surface area contributed by atoms with E-state index < -0.39 is 6.61 Å². The third-order valence-corrected chi connectivity index (χ3v) is 5.53. The van der Waals surface area contributed by atoms with Gasteiger partial charge in [0, 0.05) is 12.2 Å². The first-order chi connectivity index (χ1) is 16.1. The van der Waals surface area contributed by atoms with Gasteiger partial charge in [-0.25, -0.2) is 0 Å². The van der Waals surface area contributed by atoms with Crippen LogP contribution < -0.4 is 10.1 Å². The zero-order valence-corrected chi connectivity index (χ0v) is 18.2. The molecule has 7 nitrogen and oxygen atoms in total. The van der Waals surface area contributed by atoms with Crippen LogP contribution >= 0.6 is 11.8 Å². The van der Waals surface area contributed by atoms with E-state index in [9.17, 15) is 13.6 Å². The van der Waals surface area contributed by atoms with Gasteiger partial charge < -0.3 is 14.5 Å². The van der Waals surface area contributed by atoms with Crippen molar-refractivity contribution in [2.75, 3.05) is 12.3 Å². The topological polar surface area (TPSA) is 82.2 Å². The Balaban J connectivity index is 1.34. The van der Waals surface area contributed by atoms with Crippen LogP contribution in [0.1, 0.15) is 5.56 Å². The second-order valence-corrected chi connectivity index (χ2v) is 7.81. The molecule has 2 heterocycles. The number of alkyl halides is 2. The average Bonchev–Trinajstić information content (AvgIpc) is 3.49. The van der Waals surface area contributed by atoms with Crippen molar-refractivity contribution >= 4 is 17.7 Å². The van der Waals surface area contributed by atoms with E-state index in [1.54, 1.807) is 30.5 Å². The van der Waals surface area contributed by atoms with Crippen LogP contribution in [-0.2, 0) is 11.2 Å². The molecule has 2 aromatic heterocycles. The van der Waals surface area contributed by atoms with Crippen LogP contribution in [0, 0.1) is 0 Å². The van der Waals surface area contributed by atoms with Crippen molar-refractivity contribution in [2.45, 2.75) is 18.2 Å². The van der Waals surface area contributed by atoms with Crippen LogP contribution in [0.4, 0.5) is 8.78 Å². The van der Waals surface area contributed by atoms with Crippen LogP contribution in [0.2, 0.25) is 0 Å². The highest BCUT2D eigenvalue weighted by atomic mass is 32.2. The summed E-state index contributed by atoms with van der Waals surface area (Å²) in [6.07, 6.45) is 2.13. The fourth-order valence-corrected chi connectivity index (χ4v) is 3.89. The molecule has 2 aromatic carbocycles. The van der Waals surface area contributed by atoms with E-state index in [1.807, 2.05) is 34.9 Å². The molecule has 0 fully saturated rings. The van der Waals surface area contributed by atoms with E-state index in [0.29, 0.717) is 29.7 Å². The van der Waals surface area contributed by atoms with Gasteiger partial charge in [-0.05, 0) is 48.4 Å². The van der Waals surface area contributed by atoms with Crippen molar-refractivity contribution in [3.05, 3.63) is 78.6 Å². The largest absolute Gasteiger partial charge is 0.461 e. The van der Waals surface area contributed by atoms with Crippen LogP contribution in [0.5, 0.6) is 5.75 Å². The zero-order chi connectivity index (χ0) is 23.0. The standard InChI is InChI=1S/C23H20F2N4O3S/c24-22(25)32-18-10-8-16(9-11-18)12-13-26-20(30)15-33-23-28-27-21(19-7-4-14-31-19)29(23)17-5-2-1-3-6-17/h1-11,14,22H,12-13,15H2,(H,26,30). The highest BCUT2D eigenvalue weighted by molar-refractivity contribution is 7.99. The van der Waals surface area contributed by atoms with Gasteiger partial charge >= 0.3 is 6.61 Å². The summed E-state index contributed by atoms with van der Waals surface area (Å²) in [4.78, 5) is 12.4. The maximum Gasteiger partial charge on any atom is 0.387 e. The third kappa shape index (κ3) is 5.98. The predicted octanol–water partition coefficient (Wildman–Crippen LogP) is 4.58. The molecule has 0 aliphatic rings. The summed E-state index contributed by atoms with van der Waals surface area (Å²) < 4.78 is 36.1. The van der Waals surface area contributed by atoms with E-state index >= 15 is 0 Å². The number of carbonyl (C=O) groups is 1. The fourth-order valence-electron chi connectivity index (χ4n) is 3.10. The average molecular weight is 471 g/mol. The maximum absolute atomic E-state index is 12.4. The van der Waals surface area contributed by atoms with Gasteiger partial charge in [-0.3, -0.25) is 9.36 Å². The lowest BCUT2D eigenvalue weighted by atomic mass is 10.1. The summed E-state index contributed by atoms with van der Waals surface area (Å²) in [5.41, 5.74) is 1.76. The number of aromatic nitrogens is 3. The third-order valence-electron chi connectivity index (χ3n) is 4.61. The number of carbonyl (C=O) groups excluding carboxylic acids is 1. The molecule has 1 N–H and O–H groups in total. The lowest BCUT2D eigenvalue weighted by Gasteiger charge is -2.09. The Morgan fingerprint density at radius 1 is 1.06 bits per heavy atom. The van der Waals surface area contributed by atoms with Gasteiger partial charge in [0.05, 0.1) is 12.0 Å². The summed E-state index contributed by atoms with van der Waals surface area (Å²) in [5.74, 6) is 1.23. The highest BCUT2D eigenvalue weighted by Crippen LogP contribution is 2.28. The van der Waals surface area contributed by atoms with Crippen LogP contribution in [0.25, 0.3) is 17.3 Å². The lowest BCUT2D eigenvalue weighted by Crippen LogP contribution is -2.27. The summed E-state index contributed by atoms with van der Waals surface area (Å²) in [6, 6.07) is 19.5. The molecule has 0 atom stereocenters. The van der Waals surface area contributed by atoms with Crippen molar-refractivity contribution in [2.24, 2.45) is 0 Å². The predicted molar refractivity (Wildman–Crippen MR) is 120 cm³/mol. The molecule has 170 valence electrons. The number of furan rings is 1. The Morgan fingerprint density at radius 3 is 2.55 bits per heavy atom. The van der Waals surface area contributed by atoms with E-state index in [0.717, 1.165) is 11.3 Å². The molecule has 4 rings (SSSR count). The first-order valence-corrected chi connectivity index (χ1v) is 11.1. The van der Waals surface area contributed by atoms with Crippen LogP contribution in [-0.4, -0.2) is 39.6 Å². The number of rotatable bonds is 10. The van der Waals surface area contributed by atoms with Gasteiger partial charge in [-0.1, -0.05) is 42.1 Å². The van der Waals surface area contributed by atoms with Gasteiger partial charge in [0.15, 0.2) is 10.9 Å². The molecule has 0 spiro atoms. The zero-order valence-electron chi connectivity index (χ0n) is 17.4. The smallest absolute Gasteiger partial charge is 0.387 e. The van der Waals surface area contributed by atoms with Gasteiger partial charge in [-0.2, -0.15) is 8.78 Å². The monoisotopic (exact) mass is 470 g/mol. The number of thioether (sulfide) groups is 1. The molecule has 10 heteroatoms. The number of halogens is 2. The van der Waals surface area contributed by atoms with Crippen molar-refractivity contribution in [1.29, 1.82) is 0 Å². The molecule has 0 saturated carbocycles. The van der Waals surface area contributed by atoms with Gasteiger partial charge in [0.2, 0.25) is 11.7 Å². The number of benzene rings is 2. The van der Waals surface area contributed by atoms with E-state index in [4.69, 9.17) is 4.42 Å². The SMILES string of the molecule is O=C(CSc1nnc(-c2ccco2)n1-c1ccccc1)NCCc1ccc(OC(F)F)cc1. The maximum atomic E-state index is 12.4. The minimum Gasteiger partial charge on any atom is -0.461 e. The Kier molecular flexibility index (Phi) is 7.36. The van der Waals surface area contributed by atoms with Crippen LogP contribution in [0.3, 0.4) is 0 Å². The van der Waals surface area contributed by atoms with Crippen molar-refractivity contribution in [1.82, 2.24) is 20.1 Å². The molecule has 0 saturated heterocycles. The Hall–Kier alpha value is -3.66. The van der Waals surface area contributed by atoms with E-state index in [-0.39, 0.29) is 17.4 Å². The summed E-state index contributed by atoms with van der Waals surface area (Å²) in [6.45, 7) is -2.44. The molecular formula is C23H20F2N4O3S. The molecule has 0 radical (unpaired) electrons. The number of amides is 1.